The number of benzene rings is 1. The Morgan fingerprint density at radius 1 is 1.17 bits per heavy atom. The lowest BCUT2D eigenvalue weighted by Crippen LogP contribution is -2.47. The highest BCUT2D eigenvalue weighted by atomic mass is 16.5. The number of para-hydroxylation sites is 1. The van der Waals surface area contributed by atoms with Gasteiger partial charge in [-0.15, -0.1) is 0 Å². The number of nitrogens with zero attached hydrogens (tertiary/aromatic N) is 3. The molecule has 130 valence electrons. The molecule has 1 aromatic heterocycles. The van der Waals surface area contributed by atoms with Crippen molar-refractivity contribution >= 4 is 0 Å². The first kappa shape index (κ1) is 17.0. The summed E-state index contributed by atoms with van der Waals surface area (Å²) in [6.07, 6.45) is 3.33. The standard InChI is InChI=1S/C19H27N3O2/c1-16(2)22-17(8-11-20-22)14-21-12-9-19(23,10-13-21)15-24-18-6-4-3-5-7-18/h3-8,11,16,23H,9-10,12-15H2,1-2H3. The normalized spacial score (nSPS) is 18.0. The molecule has 0 atom stereocenters. The van der Waals surface area contributed by atoms with E-state index in [-0.39, 0.29) is 0 Å². The largest absolute Gasteiger partial charge is 0.491 e. The number of rotatable bonds is 6. The van der Waals surface area contributed by atoms with Gasteiger partial charge in [-0.05, 0) is 44.9 Å². The van der Waals surface area contributed by atoms with Crippen LogP contribution in [0.1, 0.15) is 38.4 Å². The molecular formula is C19H27N3O2. The first-order chi connectivity index (χ1) is 11.6. The monoisotopic (exact) mass is 329 g/mol. The summed E-state index contributed by atoms with van der Waals surface area (Å²) in [6.45, 7) is 7.27. The van der Waals surface area contributed by atoms with Crippen LogP contribution in [0.2, 0.25) is 0 Å². The molecule has 0 saturated carbocycles. The number of likely N-dealkylation sites (tertiary alicyclic amines) is 1. The van der Waals surface area contributed by atoms with Crippen molar-refractivity contribution in [2.24, 2.45) is 0 Å². The molecule has 1 N–H and O–H groups in total. The summed E-state index contributed by atoms with van der Waals surface area (Å²) in [5, 5.41) is 15.1. The molecule has 0 unspecified atom stereocenters. The SMILES string of the molecule is CC(C)n1nccc1CN1CCC(O)(COc2ccccc2)CC1. The van der Waals surface area contributed by atoms with Gasteiger partial charge in [0.05, 0.1) is 5.69 Å². The summed E-state index contributed by atoms with van der Waals surface area (Å²) in [4.78, 5) is 2.38. The number of aliphatic hydroxyl groups is 1. The van der Waals surface area contributed by atoms with Crippen molar-refractivity contribution in [3.63, 3.8) is 0 Å². The van der Waals surface area contributed by atoms with E-state index < -0.39 is 5.60 Å². The second-order valence-corrected chi connectivity index (χ2v) is 6.96. The maximum atomic E-state index is 10.8. The highest BCUT2D eigenvalue weighted by Gasteiger charge is 2.33. The van der Waals surface area contributed by atoms with Crippen LogP contribution >= 0.6 is 0 Å². The molecular weight excluding hydrogens is 302 g/mol. The molecule has 0 amide bonds. The number of hydrogen-bond acceptors (Lipinski definition) is 4. The summed E-state index contributed by atoms with van der Waals surface area (Å²) in [6, 6.07) is 12.1. The van der Waals surface area contributed by atoms with Crippen molar-refractivity contribution in [1.29, 1.82) is 0 Å². The van der Waals surface area contributed by atoms with Crippen LogP contribution in [0, 0.1) is 0 Å². The predicted molar refractivity (Wildman–Crippen MR) is 94.0 cm³/mol. The topological polar surface area (TPSA) is 50.5 Å². The molecule has 24 heavy (non-hydrogen) atoms. The van der Waals surface area contributed by atoms with Gasteiger partial charge in [0.2, 0.25) is 0 Å². The fraction of sp³-hybridized carbons (Fsp3) is 0.526. The molecule has 3 rings (SSSR count). The van der Waals surface area contributed by atoms with Crippen LogP contribution in [0.5, 0.6) is 5.75 Å². The van der Waals surface area contributed by atoms with Crippen LogP contribution in [0.4, 0.5) is 0 Å². The van der Waals surface area contributed by atoms with E-state index >= 15 is 0 Å². The van der Waals surface area contributed by atoms with Gasteiger partial charge in [0.1, 0.15) is 18.0 Å². The van der Waals surface area contributed by atoms with Crippen LogP contribution in [0.25, 0.3) is 0 Å². The molecule has 1 aromatic carbocycles. The zero-order valence-corrected chi connectivity index (χ0v) is 14.6. The number of hydrogen-bond donors (Lipinski definition) is 1. The van der Waals surface area contributed by atoms with Crippen molar-refractivity contribution < 1.29 is 9.84 Å². The first-order valence-electron chi connectivity index (χ1n) is 8.71. The summed E-state index contributed by atoms with van der Waals surface area (Å²) >= 11 is 0. The molecule has 0 spiro atoms. The molecule has 2 heterocycles. The summed E-state index contributed by atoms with van der Waals surface area (Å²) in [7, 11) is 0. The zero-order valence-electron chi connectivity index (χ0n) is 14.6. The van der Waals surface area contributed by atoms with Crippen molar-refractivity contribution in [3.8, 4) is 5.75 Å². The Hall–Kier alpha value is -1.85. The Morgan fingerprint density at radius 2 is 1.88 bits per heavy atom. The second kappa shape index (κ2) is 7.36. The number of ether oxygens (including phenoxy) is 1. The smallest absolute Gasteiger partial charge is 0.119 e. The van der Waals surface area contributed by atoms with Crippen LogP contribution < -0.4 is 4.74 Å². The van der Waals surface area contributed by atoms with E-state index in [0.717, 1.165) is 38.2 Å². The quantitative estimate of drug-likeness (QED) is 0.885. The highest BCUT2D eigenvalue weighted by molar-refractivity contribution is 5.21. The number of aromatic nitrogens is 2. The van der Waals surface area contributed by atoms with Crippen LogP contribution in [-0.4, -0.2) is 45.1 Å². The van der Waals surface area contributed by atoms with Gasteiger partial charge in [0.25, 0.3) is 0 Å². The van der Waals surface area contributed by atoms with Crippen LogP contribution in [0.15, 0.2) is 42.6 Å². The Balaban J connectivity index is 1.50. The molecule has 2 aromatic rings. The minimum absolute atomic E-state index is 0.356. The van der Waals surface area contributed by atoms with Gasteiger partial charge >= 0.3 is 0 Å². The van der Waals surface area contributed by atoms with Crippen molar-refractivity contribution in [3.05, 3.63) is 48.3 Å². The van der Waals surface area contributed by atoms with Crippen LogP contribution in [-0.2, 0) is 6.54 Å². The summed E-state index contributed by atoms with van der Waals surface area (Å²) in [5.41, 5.74) is 0.501. The maximum absolute atomic E-state index is 10.8. The van der Waals surface area contributed by atoms with E-state index in [1.807, 2.05) is 36.5 Å². The van der Waals surface area contributed by atoms with Crippen LogP contribution in [0.3, 0.4) is 0 Å². The van der Waals surface area contributed by atoms with Gasteiger partial charge in [0, 0.05) is 31.9 Å². The van der Waals surface area contributed by atoms with Gasteiger partial charge in [-0.25, -0.2) is 0 Å². The van der Waals surface area contributed by atoms with Crippen molar-refractivity contribution in [2.45, 2.75) is 44.9 Å². The molecule has 5 heteroatoms. The number of piperidine rings is 1. The van der Waals surface area contributed by atoms with E-state index in [4.69, 9.17) is 4.74 Å². The molecule has 0 radical (unpaired) electrons. The van der Waals surface area contributed by atoms with Gasteiger partial charge < -0.3 is 9.84 Å². The van der Waals surface area contributed by atoms with Crippen molar-refractivity contribution in [2.75, 3.05) is 19.7 Å². The van der Waals surface area contributed by atoms with E-state index in [1.165, 1.54) is 5.69 Å². The molecule has 0 aliphatic carbocycles. The molecule has 1 aliphatic rings. The van der Waals surface area contributed by atoms with Gasteiger partial charge in [-0.2, -0.15) is 5.10 Å². The molecule has 1 aliphatic heterocycles. The van der Waals surface area contributed by atoms with Gasteiger partial charge in [-0.3, -0.25) is 9.58 Å². The molecule has 0 bridgehead atoms. The zero-order chi connectivity index (χ0) is 17.0. The third kappa shape index (κ3) is 4.16. The van der Waals surface area contributed by atoms with Gasteiger partial charge in [0.15, 0.2) is 0 Å². The lowest BCUT2D eigenvalue weighted by molar-refractivity contribution is -0.0540. The third-order valence-corrected chi connectivity index (χ3v) is 4.66. The minimum atomic E-state index is -0.732. The van der Waals surface area contributed by atoms with E-state index in [0.29, 0.717) is 12.6 Å². The Labute approximate surface area is 143 Å². The second-order valence-electron chi connectivity index (χ2n) is 6.96. The average molecular weight is 329 g/mol. The summed E-state index contributed by atoms with van der Waals surface area (Å²) in [5.74, 6) is 0.814. The molecule has 5 nitrogen and oxygen atoms in total. The van der Waals surface area contributed by atoms with Crippen molar-refractivity contribution in [1.82, 2.24) is 14.7 Å². The Bertz CT molecular complexity index is 631. The van der Waals surface area contributed by atoms with Gasteiger partial charge in [-0.1, -0.05) is 18.2 Å². The highest BCUT2D eigenvalue weighted by Crippen LogP contribution is 2.25. The average Bonchev–Trinajstić information content (AvgIpc) is 3.05. The summed E-state index contributed by atoms with van der Waals surface area (Å²) < 4.78 is 7.83. The minimum Gasteiger partial charge on any atom is -0.491 e. The first-order valence-corrected chi connectivity index (χ1v) is 8.71. The van der Waals surface area contributed by atoms with E-state index in [9.17, 15) is 5.11 Å². The molecule has 1 saturated heterocycles. The fourth-order valence-electron chi connectivity index (χ4n) is 3.17. The Morgan fingerprint density at radius 3 is 2.54 bits per heavy atom. The molecule has 1 fully saturated rings. The lowest BCUT2D eigenvalue weighted by Gasteiger charge is -2.38. The third-order valence-electron chi connectivity index (χ3n) is 4.66. The van der Waals surface area contributed by atoms with E-state index in [2.05, 4.69) is 34.6 Å². The predicted octanol–water partition coefficient (Wildman–Crippen LogP) is 2.87. The fourth-order valence-corrected chi connectivity index (χ4v) is 3.17. The maximum Gasteiger partial charge on any atom is 0.119 e. The Kier molecular flexibility index (Phi) is 5.21. The lowest BCUT2D eigenvalue weighted by atomic mass is 9.92. The van der Waals surface area contributed by atoms with E-state index in [1.54, 1.807) is 0 Å².